The number of carbonyl (C=O) groups is 1. The maximum absolute atomic E-state index is 12.2. The molecule has 4 nitrogen and oxygen atoms in total. The Bertz CT molecular complexity index is 418. The lowest BCUT2D eigenvalue weighted by molar-refractivity contribution is 0.0605. The first-order chi connectivity index (χ1) is 8.24. The van der Waals surface area contributed by atoms with Gasteiger partial charge in [-0.2, -0.15) is 5.48 Å². The molecule has 0 aromatic heterocycles. The van der Waals surface area contributed by atoms with Gasteiger partial charge in [-0.25, -0.2) is 0 Å². The largest absolute Gasteiger partial charge is 0.337 e. The van der Waals surface area contributed by atoms with Crippen molar-refractivity contribution in [1.82, 2.24) is 10.4 Å². The van der Waals surface area contributed by atoms with Crippen LogP contribution in [0, 0.1) is 12.8 Å². The molecule has 4 heteroatoms. The van der Waals surface area contributed by atoms with E-state index in [1.165, 1.54) is 5.56 Å². The molecule has 90 valence electrons. The summed E-state index contributed by atoms with van der Waals surface area (Å²) in [6, 6.07) is 8.06. The Labute approximate surface area is 101 Å². The molecule has 0 spiro atoms. The molecule has 3 rings (SSSR count). The normalized spacial score (nSPS) is 27.2. The van der Waals surface area contributed by atoms with Gasteiger partial charge in [-0.15, -0.1) is 0 Å². The Morgan fingerprint density at radius 2 is 2.12 bits per heavy atom. The van der Waals surface area contributed by atoms with Gasteiger partial charge in [-0.3, -0.25) is 4.79 Å². The molecule has 2 heterocycles. The van der Waals surface area contributed by atoms with E-state index in [1.54, 1.807) is 0 Å². The Morgan fingerprint density at radius 1 is 1.35 bits per heavy atom. The summed E-state index contributed by atoms with van der Waals surface area (Å²) in [6.45, 7) is 4.28. The lowest BCUT2D eigenvalue weighted by atomic mass is 10.1. The fraction of sp³-hybridized carbons (Fsp3) is 0.462. The highest BCUT2D eigenvalue weighted by Crippen LogP contribution is 2.23. The molecular weight excluding hydrogens is 216 g/mol. The van der Waals surface area contributed by atoms with Crippen molar-refractivity contribution in [2.45, 2.75) is 13.0 Å². The molecule has 0 bridgehead atoms. The monoisotopic (exact) mass is 232 g/mol. The lowest BCUT2D eigenvalue weighted by Gasteiger charge is -2.17. The van der Waals surface area contributed by atoms with Crippen LogP contribution < -0.4 is 5.48 Å². The summed E-state index contributed by atoms with van der Waals surface area (Å²) in [6.07, 6.45) is 0. The number of fused-ring (bicyclic) bond motifs is 1. The van der Waals surface area contributed by atoms with E-state index in [-0.39, 0.29) is 5.91 Å². The smallest absolute Gasteiger partial charge is 0.253 e. The number of likely N-dealkylation sites (tertiary alicyclic amines) is 1. The summed E-state index contributed by atoms with van der Waals surface area (Å²) in [4.78, 5) is 19.3. The first-order valence-electron chi connectivity index (χ1n) is 5.97. The van der Waals surface area contributed by atoms with E-state index < -0.39 is 0 Å². The van der Waals surface area contributed by atoms with Crippen molar-refractivity contribution < 1.29 is 9.63 Å². The van der Waals surface area contributed by atoms with Crippen molar-refractivity contribution in [3.05, 3.63) is 35.4 Å². The summed E-state index contributed by atoms with van der Waals surface area (Å²) >= 11 is 0. The topological polar surface area (TPSA) is 41.6 Å². The van der Waals surface area contributed by atoms with Gasteiger partial charge in [0.15, 0.2) is 0 Å². The number of amides is 1. The zero-order chi connectivity index (χ0) is 11.8. The summed E-state index contributed by atoms with van der Waals surface area (Å²) in [5.74, 6) is 0.575. The maximum Gasteiger partial charge on any atom is 0.253 e. The summed E-state index contributed by atoms with van der Waals surface area (Å²) in [5.41, 5.74) is 4.92. The van der Waals surface area contributed by atoms with Crippen LogP contribution in [0.25, 0.3) is 0 Å². The van der Waals surface area contributed by atoms with E-state index in [2.05, 4.69) is 5.48 Å². The molecule has 0 unspecified atom stereocenters. The van der Waals surface area contributed by atoms with Crippen LogP contribution in [0.4, 0.5) is 0 Å². The van der Waals surface area contributed by atoms with E-state index in [1.807, 2.05) is 36.1 Å². The number of benzene rings is 1. The van der Waals surface area contributed by atoms with Crippen LogP contribution in [0.15, 0.2) is 24.3 Å². The number of hydrogen-bond donors (Lipinski definition) is 1. The van der Waals surface area contributed by atoms with Crippen molar-refractivity contribution in [1.29, 1.82) is 0 Å². The molecule has 2 aliphatic rings. The standard InChI is InChI=1S/C13H16N2O2/c1-9-2-4-10(5-3-9)13(16)15-6-11-8-17-14-12(11)7-15/h2-5,11-12,14H,6-8H2,1H3/t11-,12-/m1/s1. The summed E-state index contributed by atoms with van der Waals surface area (Å²) < 4.78 is 0. The van der Waals surface area contributed by atoms with E-state index in [9.17, 15) is 4.79 Å². The van der Waals surface area contributed by atoms with Gasteiger partial charge in [0.25, 0.3) is 5.91 Å². The first kappa shape index (κ1) is 10.7. The molecular formula is C13H16N2O2. The molecule has 0 saturated carbocycles. The van der Waals surface area contributed by atoms with Crippen LogP contribution in [-0.4, -0.2) is 36.5 Å². The van der Waals surface area contributed by atoms with E-state index in [0.717, 1.165) is 18.7 Å². The van der Waals surface area contributed by atoms with Crippen molar-refractivity contribution in [3.8, 4) is 0 Å². The second kappa shape index (κ2) is 4.13. The number of hydrogen-bond acceptors (Lipinski definition) is 3. The molecule has 0 aliphatic carbocycles. The molecule has 0 radical (unpaired) electrons. The van der Waals surface area contributed by atoms with Gasteiger partial charge in [0.05, 0.1) is 12.6 Å². The average Bonchev–Trinajstić information content (AvgIpc) is 2.89. The third-order valence-corrected chi connectivity index (χ3v) is 3.56. The highest BCUT2D eigenvalue weighted by Gasteiger charge is 2.39. The summed E-state index contributed by atoms with van der Waals surface area (Å²) in [5, 5.41) is 0. The highest BCUT2D eigenvalue weighted by molar-refractivity contribution is 5.94. The van der Waals surface area contributed by atoms with Gasteiger partial charge >= 0.3 is 0 Å². The molecule has 2 fully saturated rings. The van der Waals surface area contributed by atoms with Crippen LogP contribution in [0.2, 0.25) is 0 Å². The fourth-order valence-corrected chi connectivity index (χ4v) is 2.48. The van der Waals surface area contributed by atoms with Gasteiger partial charge in [-0.1, -0.05) is 17.7 Å². The number of rotatable bonds is 1. The number of nitrogens with zero attached hydrogens (tertiary/aromatic N) is 1. The zero-order valence-electron chi connectivity index (χ0n) is 9.85. The molecule has 1 aromatic carbocycles. The van der Waals surface area contributed by atoms with Gasteiger partial charge < -0.3 is 9.74 Å². The van der Waals surface area contributed by atoms with Crippen LogP contribution in [-0.2, 0) is 4.84 Å². The molecule has 1 amide bonds. The quantitative estimate of drug-likeness (QED) is 0.784. The van der Waals surface area contributed by atoms with Crippen molar-refractivity contribution >= 4 is 5.91 Å². The predicted molar refractivity (Wildman–Crippen MR) is 63.4 cm³/mol. The van der Waals surface area contributed by atoms with E-state index in [0.29, 0.717) is 18.6 Å². The number of aryl methyl sites for hydroxylation is 1. The molecule has 17 heavy (non-hydrogen) atoms. The first-order valence-corrected chi connectivity index (χ1v) is 5.97. The Hall–Kier alpha value is -1.39. The highest BCUT2D eigenvalue weighted by atomic mass is 16.7. The Balaban J connectivity index is 1.73. The average molecular weight is 232 g/mol. The SMILES string of the molecule is Cc1ccc(C(=O)N2C[C@@H]3CON[C@@H]3C2)cc1. The van der Waals surface area contributed by atoms with E-state index >= 15 is 0 Å². The van der Waals surface area contributed by atoms with Crippen LogP contribution >= 0.6 is 0 Å². The third-order valence-electron chi connectivity index (χ3n) is 3.56. The van der Waals surface area contributed by atoms with E-state index in [4.69, 9.17) is 4.84 Å². The molecule has 1 aromatic rings. The van der Waals surface area contributed by atoms with Crippen LogP contribution in [0.3, 0.4) is 0 Å². The van der Waals surface area contributed by atoms with Gasteiger partial charge in [-0.05, 0) is 19.1 Å². The van der Waals surface area contributed by atoms with Gasteiger partial charge in [0, 0.05) is 24.6 Å². The molecule has 2 saturated heterocycles. The van der Waals surface area contributed by atoms with Crippen molar-refractivity contribution in [2.24, 2.45) is 5.92 Å². The van der Waals surface area contributed by atoms with Crippen LogP contribution in [0.1, 0.15) is 15.9 Å². The molecule has 1 N–H and O–H groups in total. The Morgan fingerprint density at radius 3 is 2.82 bits per heavy atom. The number of hydroxylamine groups is 1. The number of carbonyl (C=O) groups excluding carboxylic acids is 1. The van der Waals surface area contributed by atoms with Crippen LogP contribution in [0.5, 0.6) is 0 Å². The third kappa shape index (κ3) is 1.94. The number of nitrogens with one attached hydrogen (secondary N) is 1. The fourth-order valence-electron chi connectivity index (χ4n) is 2.48. The Kier molecular flexibility index (Phi) is 2.61. The second-order valence-corrected chi connectivity index (χ2v) is 4.87. The molecule has 2 aliphatic heterocycles. The predicted octanol–water partition coefficient (Wildman–Crippen LogP) is 0.970. The summed E-state index contributed by atoms with van der Waals surface area (Å²) in [7, 11) is 0. The minimum absolute atomic E-state index is 0.126. The van der Waals surface area contributed by atoms with Gasteiger partial charge in [0.2, 0.25) is 0 Å². The maximum atomic E-state index is 12.2. The minimum Gasteiger partial charge on any atom is -0.337 e. The van der Waals surface area contributed by atoms with Gasteiger partial charge in [0.1, 0.15) is 0 Å². The zero-order valence-corrected chi connectivity index (χ0v) is 9.85. The molecule has 2 atom stereocenters. The second-order valence-electron chi connectivity index (χ2n) is 4.87. The van der Waals surface area contributed by atoms with Crippen molar-refractivity contribution in [2.75, 3.05) is 19.7 Å². The van der Waals surface area contributed by atoms with Crippen molar-refractivity contribution in [3.63, 3.8) is 0 Å². The minimum atomic E-state index is 0.126. The lowest BCUT2D eigenvalue weighted by Crippen LogP contribution is -2.33.